The van der Waals surface area contributed by atoms with Crippen LogP contribution in [0.2, 0.25) is 5.02 Å². The highest BCUT2D eigenvalue weighted by Crippen LogP contribution is 2.31. The van der Waals surface area contributed by atoms with Gasteiger partial charge in [0.2, 0.25) is 0 Å². The highest BCUT2D eigenvalue weighted by atomic mass is 35.5. The van der Waals surface area contributed by atoms with Crippen LogP contribution < -0.4 is 0 Å². The van der Waals surface area contributed by atoms with Gasteiger partial charge in [-0.05, 0) is 11.6 Å². The van der Waals surface area contributed by atoms with Crippen LogP contribution in [0.5, 0.6) is 0 Å². The van der Waals surface area contributed by atoms with Crippen molar-refractivity contribution in [3.63, 3.8) is 0 Å². The van der Waals surface area contributed by atoms with Gasteiger partial charge in [0.05, 0.1) is 17.3 Å². The summed E-state index contributed by atoms with van der Waals surface area (Å²) < 4.78 is 0. The van der Waals surface area contributed by atoms with Gasteiger partial charge in [0.25, 0.3) is 5.91 Å². The second kappa shape index (κ2) is 9.05. The number of amides is 1. The van der Waals surface area contributed by atoms with Gasteiger partial charge >= 0.3 is 0 Å². The van der Waals surface area contributed by atoms with Gasteiger partial charge in [-0.1, -0.05) is 60.1 Å². The Morgan fingerprint density at radius 3 is 2.48 bits per heavy atom. The summed E-state index contributed by atoms with van der Waals surface area (Å²) in [6.07, 6.45) is 1.12. The molecule has 5 nitrogen and oxygen atoms in total. The first-order valence-electron chi connectivity index (χ1n) is 9.57. The Balaban J connectivity index is 1.34. The molecule has 1 fully saturated rings. The summed E-state index contributed by atoms with van der Waals surface area (Å²) in [6, 6.07) is 17.2. The van der Waals surface area contributed by atoms with E-state index < -0.39 is 6.10 Å². The van der Waals surface area contributed by atoms with Gasteiger partial charge in [-0.2, -0.15) is 0 Å². The second-order valence-corrected chi connectivity index (χ2v) is 8.47. The summed E-state index contributed by atoms with van der Waals surface area (Å²) in [4.78, 5) is 21.9. The molecule has 0 saturated carbocycles. The molecule has 1 unspecified atom stereocenters. The first-order valence-corrected chi connectivity index (χ1v) is 10.8. The normalized spacial score (nSPS) is 16.0. The van der Waals surface area contributed by atoms with Crippen molar-refractivity contribution in [3.8, 4) is 10.6 Å². The Kier molecular flexibility index (Phi) is 6.25. The van der Waals surface area contributed by atoms with Crippen LogP contribution in [-0.4, -0.2) is 58.5 Å². The van der Waals surface area contributed by atoms with Gasteiger partial charge in [-0.3, -0.25) is 9.69 Å². The molecule has 0 aliphatic carbocycles. The van der Waals surface area contributed by atoms with Crippen molar-refractivity contribution >= 4 is 28.8 Å². The smallest absolute Gasteiger partial charge is 0.265 e. The fraction of sp³-hybridized carbons (Fsp3) is 0.273. The van der Waals surface area contributed by atoms with E-state index in [-0.39, 0.29) is 5.91 Å². The van der Waals surface area contributed by atoms with Gasteiger partial charge < -0.3 is 10.0 Å². The number of carbonyl (C=O) groups is 1. The molecule has 2 heterocycles. The molecule has 150 valence electrons. The second-order valence-electron chi connectivity index (χ2n) is 7.03. The van der Waals surface area contributed by atoms with E-state index in [4.69, 9.17) is 11.6 Å². The van der Waals surface area contributed by atoms with E-state index in [0.717, 1.165) is 29.2 Å². The molecule has 4 rings (SSSR count). The molecular formula is C22H22ClN3O2S. The zero-order chi connectivity index (χ0) is 20.2. The number of rotatable bonds is 5. The van der Waals surface area contributed by atoms with E-state index in [1.165, 1.54) is 11.3 Å². The Morgan fingerprint density at radius 2 is 1.76 bits per heavy atom. The van der Waals surface area contributed by atoms with Crippen LogP contribution in [0, 0.1) is 0 Å². The molecule has 1 aromatic heterocycles. The molecule has 1 N–H and O–H groups in total. The molecule has 1 aliphatic rings. The maximum Gasteiger partial charge on any atom is 0.265 e. The molecule has 0 bridgehead atoms. The quantitative estimate of drug-likeness (QED) is 0.669. The fourth-order valence-corrected chi connectivity index (χ4v) is 4.65. The predicted octanol–water partition coefficient (Wildman–Crippen LogP) is 3.95. The van der Waals surface area contributed by atoms with E-state index in [1.54, 1.807) is 6.20 Å². The Morgan fingerprint density at radius 1 is 1.07 bits per heavy atom. The Bertz CT molecular complexity index is 971. The molecule has 0 spiro atoms. The van der Waals surface area contributed by atoms with E-state index >= 15 is 0 Å². The molecule has 1 aliphatic heterocycles. The molecule has 2 aromatic carbocycles. The minimum Gasteiger partial charge on any atom is -0.387 e. The number of aliphatic hydroxyl groups is 1. The SMILES string of the molecule is O=C(c1cnc(-c2ccccc2Cl)s1)N1CCN(CC(O)c2ccccc2)CC1. The first kappa shape index (κ1) is 20.0. The molecule has 1 atom stereocenters. The average Bonchev–Trinajstić information content (AvgIpc) is 3.25. The third-order valence-corrected chi connectivity index (χ3v) is 6.44. The largest absolute Gasteiger partial charge is 0.387 e. The topological polar surface area (TPSA) is 56.7 Å². The van der Waals surface area contributed by atoms with E-state index in [1.807, 2.05) is 59.5 Å². The summed E-state index contributed by atoms with van der Waals surface area (Å²) in [7, 11) is 0. The van der Waals surface area contributed by atoms with Crippen molar-refractivity contribution in [2.45, 2.75) is 6.10 Å². The van der Waals surface area contributed by atoms with Crippen LogP contribution in [-0.2, 0) is 0 Å². The molecule has 3 aromatic rings. The monoisotopic (exact) mass is 427 g/mol. The third kappa shape index (κ3) is 4.67. The molecule has 1 amide bonds. The molecular weight excluding hydrogens is 406 g/mol. The van der Waals surface area contributed by atoms with Crippen LogP contribution in [0.1, 0.15) is 21.3 Å². The van der Waals surface area contributed by atoms with Crippen LogP contribution in [0.25, 0.3) is 10.6 Å². The molecule has 1 saturated heterocycles. The van der Waals surface area contributed by atoms with Crippen molar-refractivity contribution in [2.24, 2.45) is 0 Å². The number of hydrogen-bond donors (Lipinski definition) is 1. The van der Waals surface area contributed by atoms with Gasteiger partial charge in [0.15, 0.2) is 0 Å². The van der Waals surface area contributed by atoms with Crippen LogP contribution in [0.15, 0.2) is 60.8 Å². The van der Waals surface area contributed by atoms with E-state index in [0.29, 0.717) is 29.5 Å². The van der Waals surface area contributed by atoms with Gasteiger partial charge in [0, 0.05) is 38.3 Å². The van der Waals surface area contributed by atoms with Crippen molar-refractivity contribution in [1.82, 2.24) is 14.8 Å². The minimum absolute atomic E-state index is 0.00376. The highest BCUT2D eigenvalue weighted by molar-refractivity contribution is 7.17. The number of nitrogens with zero attached hydrogens (tertiary/aromatic N) is 3. The lowest BCUT2D eigenvalue weighted by atomic mass is 10.1. The lowest BCUT2D eigenvalue weighted by Gasteiger charge is -2.35. The van der Waals surface area contributed by atoms with Crippen LogP contribution in [0.3, 0.4) is 0 Å². The Hall–Kier alpha value is -2.25. The summed E-state index contributed by atoms with van der Waals surface area (Å²) in [5, 5.41) is 11.8. The van der Waals surface area contributed by atoms with Crippen molar-refractivity contribution in [3.05, 3.63) is 76.3 Å². The van der Waals surface area contributed by atoms with Crippen molar-refractivity contribution in [1.29, 1.82) is 0 Å². The van der Waals surface area contributed by atoms with Crippen LogP contribution in [0.4, 0.5) is 0 Å². The molecule has 7 heteroatoms. The fourth-order valence-electron chi connectivity index (χ4n) is 3.45. The van der Waals surface area contributed by atoms with E-state index in [2.05, 4.69) is 9.88 Å². The summed E-state index contributed by atoms with van der Waals surface area (Å²) in [5.74, 6) is 0.00376. The number of benzene rings is 2. The molecule has 29 heavy (non-hydrogen) atoms. The lowest BCUT2D eigenvalue weighted by Crippen LogP contribution is -2.49. The number of aromatic nitrogens is 1. The lowest BCUT2D eigenvalue weighted by molar-refractivity contribution is 0.0531. The number of halogens is 1. The van der Waals surface area contributed by atoms with Crippen LogP contribution >= 0.6 is 22.9 Å². The maximum atomic E-state index is 12.9. The standard InChI is InChI=1S/C22H22ClN3O2S/c23-18-9-5-4-8-17(18)21-24-14-20(29-21)22(28)26-12-10-25(11-13-26)15-19(27)16-6-2-1-3-7-16/h1-9,14,19,27H,10-13,15H2. The number of aliphatic hydroxyl groups excluding tert-OH is 1. The zero-order valence-corrected chi connectivity index (χ0v) is 17.4. The van der Waals surface area contributed by atoms with Gasteiger partial charge in [-0.15, -0.1) is 11.3 Å². The summed E-state index contributed by atoms with van der Waals surface area (Å²) in [6.45, 7) is 3.33. The number of piperazine rings is 1. The van der Waals surface area contributed by atoms with Gasteiger partial charge in [-0.25, -0.2) is 4.98 Å². The Labute approximate surface area is 179 Å². The third-order valence-electron chi connectivity index (χ3n) is 5.10. The highest BCUT2D eigenvalue weighted by Gasteiger charge is 2.25. The molecule has 0 radical (unpaired) electrons. The number of hydrogen-bond acceptors (Lipinski definition) is 5. The average molecular weight is 428 g/mol. The minimum atomic E-state index is -0.516. The number of carbonyl (C=O) groups excluding carboxylic acids is 1. The van der Waals surface area contributed by atoms with Gasteiger partial charge in [0.1, 0.15) is 9.88 Å². The predicted molar refractivity (Wildman–Crippen MR) is 116 cm³/mol. The number of β-amino-alcohol motifs (C(OH)–C–C–N with tert-alkyl or cyclic N) is 1. The van der Waals surface area contributed by atoms with Crippen molar-refractivity contribution < 1.29 is 9.90 Å². The van der Waals surface area contributed by atoms with E-state index in [9.17, 15) is 9.90 Å². The van der Waals surface area contributed by atoms with Crippen molar-refractivity contribution in [2.75, 3.05) is 32.7 Å². The zero-order valence-electron chi connectivity index (χ0n) is 15.9. The maximum absolute atomic E-state index is 12.9. The first-order chi connectivity index (χ1) is 14.1. The number of thiazole rings is 1. The summed E-state index contributed by atoms with van der Waals surface area (Å²) in [5.41, 5.74) is 1.76. The summed E-state index contributed by atoms with van der Waals surface area (Å²) >= 11 is 7.61.